The normalized spacial score (nSPS) is 11.7. The first-order valence-electron chi connectivity index (χ1n) is 9.39. The number of aliphatic hydroxyl groups excluding tert-OH is 1. The van der Waals surface area contributed by atoms with E-state index in [4.69, 9.17) is 21.4 Å². The number of nitrogens with zero attached hydrogens (tertiary/aromatic N) is 1. The van der Waals surface area contributed by atoms with Gasteiger partial charge in [0.1, 0.15) is 18.0 Å². The highest BCUT2D eigenvalue weighted by molar-refractivity contribution is 6.18. The molecule has 148 valence electrons. The van der Waals surface area contributed by atoms with E-state index >= 15 is 0 Å². The van der Waals surface area contributed by atoms with E-state index in [-0.39, 0.29) is 13.2 Å². The van der Waals surface area contributed by atoms with Gasteiger partial charge in [0.15, 0.2) is 0 Å². The maximum Gasteiger partial charge on any atom is 0.119 e. The average Bonchev–Trinajstić information content (AvgIpc) is 2.79. The molecule has 0 unspecified atom stereocenters. The van der Waals surface area contributed by atoms with Crippen LogP contribution in [0.25, 0.3) is 11.1 Å². The van der Waals surface area contributed by atoms with Gasteiger partial charge in [-0.1, -0.05) is 54.6 Å². The molecule has 0 aliphatic heterocycles. The minimum absolute atomic E-state index is 0.0299. The molecule has 0 saturated carbocycles. The van der Waals surface area contributed by atoms with Crippen molar-refractivity contribution in [3.05, 3.63) is 100 Å². The minimum atomic E-state index is -0.0299. The number of benzene rings is 3. The zero-order valence-electron chi connectivity index (χ0n) is 15.9. The van der Waals surface area contributed by atoms with Gasteiger partial charge in [-0.25, -0.2) is 0 Å². The quantitative estimate of drug-likeness (QED) is 0.267. The zero-order chi connectivity index (χ0) is 20.5. The lowest BCUT2D eigenvalue weighted by atomic mass is 9.88. The molecule has 0 atom stereocenters. The summed E-state index contributed by atoms with van der Waals surface area (Å²) < 4.78 is 5.48. The van der Waals surface area contributed by atoms with Crippen LogP contribution in [0.4, 0.5) is 5.69 Å². The Morgan fingerprint density at radius 2 is 1.48 bits per heavy atom. The van der Waals surface area contributed by atoms with Crippen molar-refractivity contribution in [3.8, 4) is 5.75 Å². The fraction of sp³-hybridized carbons (Fsp3) is 0.167. The number of nitroso groups, excluding NO2 is 1. The maximum atomic E-state index is 10.8. The summed E-state index contributed by atoms with van der Waals surface area (Å²) in [6.07, 6.45) is 0.692. The lowest BCUT2D eigenvalue weighted by molar-refractivity contribution is 0.201. The van der Waals surface area contributed by atoms with Crippen molar-refractivity contribution in [2.45, 2.75) is 6.42 Å². The number of allylic oxidation sites excluding steroid dienone is 1. The summed E-state index contributed by atoms with van der Waals surface area (Å²) in [6.45, 7) is 0.224. The van der Waals surface area contributed by atoms with E-state index in [2.05, 4.69) is 17.3 Å². The minimum Gasteiger partial charge on any atom is -0.491 e. The first kappa shape index (κ1) is 20.8. The molecule has 0 bridgehead atoms. The SMILES string of the molecule is O=Nc1ccc(/C(=C(\CCCl)c2ccccc2)c2ccc(OCCO)cc2)cc1. The van der Waals surface area contributed by atoms with Crippen LogP contribution in [0.2, 0.25) is 0 Å². The summed E-state index contributed by atoms with van der Waals surface area (Å²) in [6, 6.07) is 25.1. The number of rotatable bonds is 9. The summed E-state index contributed by atoms with van der Waals surface area (Å²) in [7, 11) is 0. The highest BCUT2D eigenvalue weighted by Crippen LogP contribution is 2.36. The molecule has 0 spiro atoms. The Balaban J connectivity index is 2.15. The Morgan fingerprint density at radius 1 is 0.862 bits per heavy atom. The van der Waals surface area contributed by atoms with Crippen LogP contribution in [0, 0.1) is 4.91 Å². The monoisotopic (exact) mass is 407 g/mol. The van der Waals surface area contributed by atoms with Crippen LogP contribution >= 0.6 is 11.6 Å². The molecule has 29 heavy (non-hydrogen) atoms. The molecular weight excluding hydrogens is 386 g/mol. The van der Waals surface area contributed by atoms with Gasteiger partial charge in [0.05, 0.1) is 6.61 Å². The summed E-state index contributed by atoms with van der Waals surface area (Å²) >= 11 is 6.16. The number of alkyl halides is 1. The van der Waals surface area contributed by atoms with Gasteiger partial charge >= 0.3 is 0 Å². The van der Waals surface area contributed by atoms with Gasteiger partial charge in [-0.2, -0.15) is 0 Å². The van der Waals surface area contributed by atoms with E-state index < -0.39 is 0 Å². The molecule has 3 rings (SSSR count). The molecule has 3 aromatic carbocycles. The largest absolute Gasteiger partial charge is 0.491 e. The smallest absolute Gasteiger partial charge is 0.119 e. The van der Waals surface area contributed by atoms with Crippen LogP contribution in [-0.2, 0) is 0 Å². The third-order valence-electron chi connectivity index (χ3n) is 4.53. The Labute approximate surface area is 175 Å². The van der Waals surface area contributed by atoms with Gasteiger partial charge in [-0.3, -0.25) is 0 Å². The van der Waals surface area contributed by atoms with Crippen LogP contribution < -0.4 is 4.74 Å². The van der Waals surface area contributed by atoms with Gasteiger partial charge in [-0.15, -0.1) is 16.5 Å². The third kappa shape index (κ3) is 5.31. The first-order valence-corrected chi connectivity index (χ1v) is 9.92. The van der Waals surface area contributed by atoms with Crippen molar-refractivity contribution >= 4 is 28.4 Å². The molecular formula is C24H22ClNO3. The second-order valence-electron chi connectivity index (χ2n) is 6.39. The third-order valence-corrected chi connectivity index (χ3v) is 4.72. The van der Waals surface area contributed by atoms with Gasteiger partial charge in [-0.05, 0) is 63.7 Å². The van der Waals surface area contributed by atoms with Gasteiger partial charge in [0.2, 0.25) is 0 Å². The average molecular weight is 408 g/mol. The number of aliphatic hydroxyl groups is 1. The number of hydrogen-bond acceptors (Lipinski definition) is 4. The number of halogens is 1. The van der Waals surface area contributed by atoms with Crippen molar-refractivity contribution < 1.29 is 9.84 Å². The molecule has 0 fully saturated rings. The lowest BCUT2D eigenvalue weighted by Gasteiger charge is -2.17. The second-order valence-corrected chi connectivity index (χ2v) is 6.77. The fourth-order valence-electron chi connectivity index (χ4n) is 3.23. The summed E-state index contributed by atoms with van der Waals surface area (Å²) in [4.78, 5) is 10.8. The van der Waals surface area contributed by atoms with E-state index in [9.17, 15) is 4.91 Å². The lowest BCUT2D eigenvalue weighted by Crippen LogP contribution is -2.01. The van der Waals surface area contributed by atoms with Gasteiger partial charge in [0, 0.05) is 5.88 Å². The molecule has 0 aromatic heterocycles. The summed E-state index contributed by atoms with van der Waals surface area (Å²) in [5, 5.41) is 11.9. The molecule has 5 heteroatoms. The highest BCUT2D eigenvalue weighted by atomic mass is 35.5. The Kier molecular flexibility index (Phi) is 7.56. The molecule has 1 N–H and O–H groups in total. The topological polar surface area (TPSA) is 58.9 Å². The van der Waals surface area contributed by atoms with Crippen LogP contribution in [0.1, 0.15) is 23.1 Å². The number of hydrogen-bond donors (Lipinski definition) is 1. The molecule has 0 aliphatic carbocycles. The Hall–Kier alpha value is -2.95. The predicted molar refractivity (Wildman–Crippen MR) is 119 cm³/mol. The van der Waals surface area contributed by atoms with E-state index in [1.807, 2.05) is 54.6 Å². The van der Waals surface area contributed by atoms with Crippen LogP contribution in [-0.4, -0.2) is 24.2 Å². The Bertz CT molecular complexity index is 952. The fourth-order valence-corrected chi connectivity index (χ4v) is 3.42. The van der Waals surface area contributed by atoms with Crippen LogP contribution in [0.15, 0.2) is 84.0 Å². The maximum absolute atomic E-state index is 10.8. The van der Waals surface area contributed by atoms with E-state index in [1.54, 1.807) is 12.1 Å². The molecule has 3 aromatic rings. The van der Waals surface area contributed by atoms with Crippen molar-refractivity contribution in [1.82, 2.24) is 0 Å². The van der Waals surface area contributed by atoms with Crippen molar-refractivity contribution in [2.75, 3.05) is 19.1 Å². The molecule has 0 heterocycles. The molecule has 0 amide bonds. The molecule has 0 saturated heterocycles. The number of ether oxygens (including phenoxy) is 1. The zero-order valence-corrected chi connectivity index (χ0v) is 16.7. The second kappa shape index (κ2) is 10.6. The first-order chi connectivity index (χ1) is 14.3. The van der Waals surface area contributed by atoms with Gasteiger partial charge < -0.3 is 9.84 Å². The Morgan fingerprint density at radius 3 is 2.03 bits per heavy atom. The van der Waals surface area contributed by atoms with Crippen LogP contribution in [0.3, 0.4) is 0 Å². The molecule has 4 nitrogen and oxygen atoms in total. The van der Waals surface area contributed by atoms with Gasteiger partial charge in [0.25, 0.3) is 0 Å². The van der Waals surface area contributed by atoms with Crippen molar-refractivity contribution in [2.24, 2.45) is 5.18 Å². The standard InChI is InChI=1S/C24H22ClNO3/c25-15-14-23(18-4-2-1-3-5-18)24(19-6-10-21(26-28)11-7-19)20-8-12-22(13-9-20)29-17-16-27/h1-13,27H,14-17H2/b24-23-. The van der Waals surface area contributed by atoms with Crippen molar-refractivity contribution in [3.63, 3.8) is 0 Å². The van der Waals surface area contributed by atoms with Crippen molar-refractivity contribution in [1.29, 1.82) is 0 Å². The molecule has 0 radical (unpaired) electrons. The van der Waals surface area contributed by atoms with E-state index in [0.29, 0.717) is 23.7 Å². The molecule has 0 aliphatic rings. The van der Waals surface area contributed by atoms with E-state index in [1.165, 1.54) is 0 Å². The predicted octanol–water partition coefficient (Wildman–Crippen LogP) is 6.04. The highest BCUT2D eigenvalue weighted by Gasteiger charge is 2.14. The van der Waals surface area contributed by atoms with Crippen LogP contribution in [0.5, 0.6) is 5.75 Å². The summed E-state index contributed by atoms with van der Waals surface area (Å²) in [5.74, 6) is 1.18. The van der Waals surface area contributed by atoms with E-state index in [0.717, 1.165) is 27.8 Å². The summed E-state index contributed by atoms with van der Waals surface area (Å²) in [5.41, 5.74) is 5.64.